The minimum absolute atomic E-state index is 0.0569. The fourth-order valence-electron chi connectivity index (χ4n) is 3.00. The molecule has 2 N–H and O–H groups in total. The van der Waals surface area contributed by atoms with Crippen molar-refractivity contribution in [3.05, 3.63) is 65.7 Å². The summed E-state index contributed by atoms with van der Waals surface area (Å²) in [5.41, 5.74) is 0.764. The van der Waals surface area contributed by atoms with Crippen LogP contribution < -0.4 is 10.0 Å². The van der Waals surface area contributed by atoms with E-state index in [-0.39, 0.29) is 48.7 Å². The van der Waals surface area contributed by atoms with Crippen LogP contribution in [0.2, 0.25) is 0 Å². The van der Waals surface area contributed by atoms with Crippen LogP contribution in [0.1, 0.15) is 33.6 Å². The molecule has 0 radical (unpaired) electrons. The zero-order chi connectivity index (χ0) is 20.9. The Morgan fingerprint density at radius 3 is 2.07 bits per heavy atom. The number of hydrogen-bond acceptors (Lipinski definition) is 5. The van der Waals surface area contributed by atoms with Gasteiger partial charge in [0.2, 0.25) is 15.9 Å². The van der Waals surface area contributed by atoms with Crippen LogP contribution >= 0.6 is 0 Å². The molecule has 1 aliphatic rings. The monoisotopic (exact) mass is 415 g/mol. The van der Waals surface area contributed by atoms with Crippen LogP contribution in [0.5, 0.6) is 0 Å². The van der Waals surface area contributed by atoms with Gasteiger partial charge in [0.15, 0.2) is 0 Å². The van der Waals surface area contributed by atoms with Crippen LogP contribution in [-0.4, -0.2) is 50.7 Å². The SMILES string of the molecule is O=C(CCCN1C(=O)c2ccccc2C1=O)NCCNS(=O)(=O)c1ccccc1. The van der Waals surface area contributed by atoms with Crippen LogP contribution in [0.25, 0.3) is 0 Å². The topological polar surface area (TPSA) is 113 Å². The summed E-state index contributed by atoms with van der Waals surface area (Å²) < 4.78 is 26.5. The lowest BCUT2D eigenvalue weighted by atomic mass is 10.1. The van der Waals surface area contributed by atoms with Gasteiger partial charge in [-0.3, -0.25) is 19.3 Å². The molecular weight excluding hydrogens is 394 g/mol. The molecule has 9 heteroatoms. The molecule has 3 rings (SSSR count). The third kappa shape index (κ3) is 4.87. The van der Waals surface area contributed by atoms with Gasteiger partial charge >= 0.3 is 0 Å². The first-order valence-electron chi connectivity index (χ1n) is 9.17. The lowest BCUT2D eigenvalue weighted by molar-refractivity contribution is -0.121. The van der Waals surface area contributed by atoms with E-state index in [2.05, 4.69) is 10.0 Å². The zero-order valence-corrected chi connectivity index (χ0v) is 16.4. The molecule has 152 valence electrons. The maximum absolute atomic E-state index is 12.2. The summed E-state index contributed by atoms with van der Waals surface area (Å²) in [6.07, 6.45) is 0.450. The number of hydrogen-bond donors (Lipinski definition) is 2. The van der Waals surface area contributed by atoms with E-state index in [4.69, 9.17) is 0 Å². The van der Waals surface area contributed by atoms with Crippen LogP contribution in [0, 0.1) is 0 Å². The molecule has 0 aromatic heterocycles. The summed E-state index contributed by atoms with van der Waals surface area (Å²) in [7, 11) is -3.61. The van der Waals surface area contributed by atoms with Crippen LogP contribution in [0.3, 0.4) is 0 Å². The molecule has 1 heterocycles. The van der Waals surface area contributed by atoms with E-state index in [1.807, 2.05) is 0 Å². The summed E-state index contributed by atoms with van der Waals surface area (Å²) in [6.45, 7) is 0.347. The molecule has 0 atom stereocenters. The fourth-order valence-corrected chi connectivity index (χ4v) is 4.05. The van der Waals surface area contributed by atoms with Crippen molar-refractivity contribution in [1.82, 2.24) is 14.9 Å². The Hall–Kier alpha value is -3.04. The second kappa shape index (κ2) is 8.97. The van der Waals surface area contributed by atoms with Crippen molar-refractivity contribution >= 4 is 27.7 Å². The van der Waals surface area contributed by atoms with Gasteiger partial charge in [0.05, 0.1) is 16.0 Å². The minimum Gasteiger partial charge on any atom is -0.355 e. The van der Waals surface area contributed by atoms with Gasteiger partial charge in [0.1, 0.15) is 0 Å². The van der Waals surface area contributed by atoms with Crippen LogP contribution in [0.4, 0.5) is 0 Å². The summed E-state index contributed by atoms with van der Waals surface area (Å²) in [5, 5.41) is 2.62. The average Bonchev–Trinajstić information content (AvgIpc) is 2.97. The third-order valence-electron chi connectivity index (χ3n) is 4.46. The number of amides is 3. The maximum Gasteiger partial charge on any atom is 0.261 e. The fraction of sp³-hybridized carbons (Fsp3) is 0.250. The molecule has 8 nitrogen and oxygen atoms in total. The summed E-state index contributed by atoms with van der Waals surface area (Å²) in [5.74, 6) is -0.969. The van der Waals surface area contributed by atoms with E-state index in [1.165, 1.54) is 12.1 Å². The Bertz CT molecular complexity index is 986. The van der Waals surface area contributed by atoms with E-state index in [0.717, 1.165) is 4.90 Å². The molecule has 0 saturated carbocycles. The minimum atomic E-state index is -3.61. The largest absolute Gasteiger partial charge is 0.355 e. The van der Waals surface area contributed by atoms with Gasteiger partial charge in [0.25, 0.3) is 11.8 Å². The number of sulfonamides is 1. The summed E-state index contributed by atoms with van der Waals surface area (Å²) in [6, 6.07) is 14.6. The highest BCUT2D eigenvalue weighted by Crippen LogP contribution is 2.22. The van der Waals surface area contributed by atoms with E-state index in [0.29, 0.717) is 17.5 Å². The first-order valence-corrected chi connectivity index (χ1v) is 10.6. The van der Waals surface area contributed by atoms with Crippen molar-refractivity contribution in [2.45, 2.75) is 17.7 Å². The van der Waals surface area contributed by atoms with Crippen molar-refractivity contribution in [2.24, 2.45) is 0 Å². The molecule has 2 aromatic carbocycles. The molecule has 0 aliphatic carbocycles. The van der Waals surface area contributed by atoms with Gasteiger partial charge in [-0.1, -0.05) is 30.3 Å². The smallest absolute Gasteiger partial charge is 0.261 e. The van der Waals surface area contributed by atoms with E-state index in [1.54, 1.807) is 42.5 Å². The number of nitrogens with zero attached hydrogens (tertiary/aromatic N) is 1. The Morgan fingerprint density at radius 2 is 1.45 bits per heavy atom. The average molecular weight is 415 g/mol. The van der Waals surface area contributed by atoms with Crippen molar-refractivity contribution in [2.75, 3.05) is 19.6 Å². The Kier molecular flexibility index (Phi) is 6.40. The van der Waals surface area contributed by atoms with Gasteiger partial charge in [-0.2, -0.15) is 0 Å². The predicted octanol–water partition coefficient (Wildman–Crippen LogP) is 1.16. The molecule has 0 unspecified atom stereocenters. The molecule has 0 fully saturated rings. The highest BCUT2D eigenvalue weighted by molar-refractivity contribution is 7.89. The Balaban J connectivity index is 1.37. The van der Waals surface area contributed by atoms with Crippen molar-refractivity contribution in [3.63, 3.8) is 0 Å². The van der Waals surface area contributed by atoms with Gasteiger partial charge in [0, 0.05) is 26.1 Å². The van der Waals surface area contributed by atoms with Crippen LogP contribution in [-0.2, 0) is 14.8 Å². The maximum atomic E-state index is 12.2. The van der Waals surface area contributed by atoms with Gasteiger partial charge < -0.3 is 5.32 Å². The number of fused-ring (bicyclic) bond motifs is 1. The molecule has 3 amide bonds. The Labute approximate surface area is 169 Å². The number of carbonyl (C=O) groups is 3. The second-order valence-electron chi connectivity index (χ2n) is 6.47. The Morgan fingerprint density at radius 1 is 0.862 bits per heavy atom. The van der Waals surface area contributed by atoms with Gasteiger partial charge in [-0.15, -0.1) is 0 Å². The molecule has 29 heavy (non-hydrogen) atoms. The number of benzene rings is 2. The first kappa shape index (κ1) is 20.7. The number of carbonyl (C=O) groups excluding carboxylic acids is 3. The molecule has 2 aromatic rings. The van der Waals surface area contributed by atoms with Crippen molar-refractivity contribution in [1.29, 1.82) is 0 Å². The van der Waals surface area contributed by atoms with E-state index in [9.17, 15) is 22.8 Å². The molecule has 0 spiro atoms. The van der Waals surface area contributed by atoms with Crippen molar-refractivity contribution < 1.29 is 22.8 Å². The lowest BCUT2D eigenvalue weighted by Crippen LogP contribution is -2.35. The highest BCUT2D eigenvalue weighted by Gasteiger charge is 2.34. The normalized spacial score (nSPS) is 13.4. The molecule has 1 aliphatic heterocycles. The molecular formula is C20H21N3O5S. The zero-order valence-electron chi connectivity index (χ0n) is 15.6. The first-order chi connectivity index (χ1) is 13.9. The second-order valence-corrected chi connectivity index (χ2v) is 8.24. The van der Waals surface area contributed by atoms with Gasteiger partial charge in [-0.05, 0) is 30.7 Å². The highest BCUT2D eigenvalue weighted by atomic mass is 32.2. The summed E-state index contributed by atoms with van der Waals surface area (Å²) >= 11 is 0. The van der Waals surface area contributed by atoms with Crippen molar-refractivity contribution in [3.8, 4) is 0 Å². The quantitative estimate of drug-likeness (QED) is 0.471. The number of nitrogens with one attached hydrogen (secondary N) is 2. The summed E-state index contributed by atoms with van der Waals surface area (Å²) in [4.78, 5) is 37.7. The van der Waals surface area contributed by atoms with E-state index < -0.39 is 10.0 Å². The molecule has 0 saturated heterocycles. The number of rotatable bonds is 9. The standard InChI is InChI=1S/C20H21N3O5S/c24-18(21-12-13-22-29(27,28)15-7-2-1-3-8-15)11-6-14-23-19(25)16-9-4-5-10-17(16)20(23)26/h1-5,7-10,22H,6,11-14H2,(H,21,24). The lowest BCUT2D eigenvalue weighted by Gasteiger charge is -2.13. The predicted molar refractivity (Wildman–Crippen MR) is 106 cm³/mol. The van der Waals surface area contributed by atoms with Gasteiger partial charge in [-0.25, -0.2) is 13.1 Å². The number of imide groups is 1. The van der Waals surface area contributed by atoms with Crippen LogP contribution in [0.15, 0.2) is 59.5 Å². The third-order valence-corrected chi connectivity index (χ3v) is 5.93. The van der Waals surface area contributed by atoms with E-state index >= 15 is 0 Å². The molecule has 0 bridgehead atoms.